The third kappa shape index (κ3) is 4.48. The molecule has 0 spiro atoms. The first-order valence-corrected chi connectivity index (χ1v) is 19.4. The van der Waals surface area contributed by atoms with Crippen LogP contribution in [0.1, 0.15) is 22.7 Å². The molecule has 3 aromatic heterocycles. The normalized spacial score (nSPS) is 14.3. The molecule has 10 aromatic rings. The van der Waals surface area contributed by atoms with Gasteiger partial charge in [-0.3, -0.25) is 0 Å². The Morgan fingerprint density at radius 3 is 1.87 bits per heavy atom. The standard InChI is InChI=1S/C48H31BrN2S/c49-47-41-29-32(21-27-46(41)52-48(47)39-16-9-11-30-10-1-2-12-35(30)39)31-20-26-45-40(28-31)38-15-5-8-19-44(38)51(45)34-24-22-33(23-25-34)50-42-17-6-3-13-36(42)37-14-4-7-18-43(37)50/h1-27,29,31H,28H2. The van der Waals surface area contributed by atoms with E-state index in [1.807, 2.05) is 11.3 Å². The molecule has 0 saturated carbocycles. The lowest BCUT2D eigenvalue weighted by Crippen LogP contribution is -2.07. The number of nitrogens with zero attached hydrogens (tertiary/aromatic N) is 2. The molecule has 246 valence electrons. The SMILES string of the molecule is Brc1c(-c2cccc3ccccc23)sc2ccc(C3C=Cc4c(c5ccccc5n4-c4ccc(-n5c6ccccc6c6ccccc65)cc4)C3)cc12. The van der Waals surface area contributed by atoms with Crippen LogP contribution >= 0.6 is 27.3 Å². The second-order valence-corrected chi connectivity index (χ2v) is 15.6. The molecule has 1 atom stereocenters. The highest BCUT2D eigenvalue weighted by Gasteiger charge is 2.25. The summed E-state index contributed by atoms with van der Waals surface area (Å²) in [5.74, 6) is 0.293. The Balaban J connectivity index is 0.975. The number of aromatic nitrogens is 2. The summed E-state index contributed by atoms with van der Waals surface area (Å²) in [7, 11) is 0. The van der Waals surface area contributed by atoms with E-state index in [-0.39, 0.29) is 0 Å². The van der Waals surface area contributed by atoms with E-state index >= 15 is 0 Å². The first kappa shape index (κ1) is 30.0. The van der Waals surface area contributed by atoms with E-state index in [1.165, 1.54) is 96.7 Å². The fourth-order valence-corrected chi connectivity index (χ4v) is 10.6. The lowest BCUT2D eigenvalue weighted by Gasteiger charge is -2.20. The van der Waals surface area contributed by atoms with Gasteiger partial charge in [0.15, 0.2) is 0 Å². The van der Waals surface area contributed by atoms with Gasteiger partial charge >= 0.3 is 0 Å². The van der Waals surface area contributed by atoms with Crippen LogP contribution in [0.15, 0.2) is 168 Å². The van der Waals surface area contributed by atoms with Gasteiger partial charge in [-0.05, 0) is 105 Å². The van der Waals surface area contributed by atoms with Crippen molar-refractivity contribution in [2.45, 2.75) is 12.3 Å². The maximum absolute atomic E-state index is 4.05. The van der Waals surface area contributed by atoms with E-state index in [0.29, 0.717) is 5.92 Å². The van der Waals surface area contributed by atoms with Crippen LogP contribution in [0.4, 0.5) is 0 Å². The van der Waals surface area contributed by atoms with Crippen LogP contribution in [0, 0.1) is 0 Å². The summed E-state index contributed by atoms with van der Waals surface area (Å²) in [6, 6.07) is 57.7. The molecule has 1 aliphatic carbocycles. The number of benzene rings is 7. The molecular formula is C48H31BrN2S. The fourth-order valence-electron chi connectivity index (χ4n) is 8.58. The summed E-state index contributed by atoms with van der Waals surface area (Å²) in [6.07, 6.45) is 5.73. The topological polar surface area (TPSA) is 9.86 Å². The second-order valence-electron chi connectivity index (χ2n) is 13.8. The van der Waals surface area contributed by atoms with E-state index in [9.17, 15) is 0 Å². The molecule has 0 saturated heterocycles. The third-order valence-corrected chi connectivity index (χ3v) is 13.3. The van der Waals surface area contributed by atoms with Crippen molar-refractivity contribution < 1.29 is 0 Å². The zero-order chi connectivity index (χ0) is 34.3. The van der Waals surface area contributed by atoms with Gasteiger partial charge in [-0.25, -0.2) is 0 Å². The summed E-state index contributed by atoms with van der Waals surface area (Å²) >= 11 is 5.92. The maximum Gasteiger partial charge on any atom is 0.0541 e. The van der Waals surface area contributed by atoms with Crippen LogP contribution < -0.4 is 0 Å². The van der Waals surface area contributed by atoms with E-state index in [1.54, 1.807) is 0 Å². The highest BCUT2D eigenvalue weighted by atomic mass is 79.9. The van der Waals surface area contributed by atoms with Crippen molar-refractivity contribution in [1.29, 1.82) is 0 Å². The van der Waals surface area contributed by atoms with Gasteiger partial charge in [0.1, 0.15) is 0 Å². The molecule has 4 heteroatoms. The van der Waals surface area contributed by atoms with E-state index in [0.717, 1.165) is 6.42 Å². The van der Waals surface area contributed by atoms with Gasteiger partial charge in [0, 0.05) is 59.3 Å². The minimum absolute atomic E-state index is 0.293. The van der Waals surface area contributed by atoms with Crippen LogP contribution in [0.5, 0.6) is 0 Å². The van der Waals surface area contributed by atoms with E-state index in [4.69, 9.17) is 0 Å². The first-order valence-electron chi connectivity index (χ1n) is 17.8. The highest BCUT2D eigenvalue weighted by molar-refractivity contribution is 9.10. The molecule has 0 aliphatic heterocycles. The molecule has 2 nitrogen and oxygen atoms in total. The Kier molecular flexibility index (Phi) is 6.73. The highest BCUT2D eigenvalue weighted by Crippen LogP contribution is 2.46. The summed E-state index contributed by atoms with van der Waals surface area (Å²) in [4.78, 5) is 1.29. The largest absolute Gasteiger partial charge is 0.310 e. The molecule has 0 bridgehead atoms. The monoisotopic (exact) mass is 746 g/mol. The predicted octanol–water partition coefficient (Wildman–Crippen LogP) is 13.9. The molecule has 11 rings (SSSR count). The fraction of sp³-hybridized carbons (Fsp3) is 0.0417. The van der Waals surface area contributed by atoms with Crippen molar-refractivity contribution in [3.8, 4) is 21.8 Å². The van der Waals surface area contributed by atoms with Crippen LogP contribution in [-0.4, -0.2) is 9.13 Å². The number of hydrogen-bond acceptors (Lipinski definition) is 1. The maximum atomic E-state index is 4.05. The molecule has 0 N–H and O–H groups in total. The quantitative estimate of drug-likeness (QED) is 0.170. The lowest BCUT2D eigenvalue weighted by atomic mass is 9.86. The number of hydrogen-bond donors (Lipinski definition) is 0. The van der Waals surface area contributed by atoms with Gasteiger partial charge in [0.05, 0.1) is 21.4 Å². The van der Waals surface area contributed by atoms with Gasteiger partial charge in [0.2, 0.25) is 0 Å². The minimum Gasteiger partial charge on any atom is -0.310 e. The van der Waals surface area contributed by atoms with Gasteiger partial charge < -0.3 is 9.13 Å². The Morgan fingerprint density at radius 2 is 1.13 bits per heavy atom. The lowest BCUT2D eigenvalue weighted by molar-refractivity contribution is 0.826. The van der Waals surface area contributed by atoms with Crippen LogP contribution in [0.25, 0.3) is 81.5 Å². The molecule has 0 fully saturated rings. The summed E-state index contributed by atoms with van der Waals surface area (Å²) in [6.45, 7) is 0. The van der Waals surface area contributed by atoms with E-state index < -0.39 is 0 Å². The minimum atomic E-state index is 0.293. The first-order chi connectivity index (χ1) is 25.7. The molecule has 52 heavy (non-hydrogen) atoms. The van der Waals surface area contributed by atoms with Crippen LogP contribution in [-0.2, 0) is 6.42 Å². The van der Waals surface area contributed by atoms with Crippen molar-refractivity contribution in [3.63, 3.8) is 0 Å². The van der Waals surface area contributed by atoms with Gasteiger partial charge in [0.25, 0.3) is 0 Å². The number of rotatable bonds is 4. The number of halogens is 1. The summed E-state index contributed by atoms with van der Waals surface area (Å²) in [5, 5.41) is 7.74. The van der Waals surface area contributed by atoms with Crippen molar-refractivity contribution in [2.24, 2.45) is 0 Å². The average Bonchev–Trinajstić information content (AvgIpc) is 3.84. The van der Waals surface area contributed by atoms with Crippen molar-refractivity contribution in [3.05, 3.63) is 185 Å². The van der Waals surface area contributed by atoms with E-state index in [2.05, 4.69) is 195 Å². The molecule has 1 unspecified atom stereocenters. The second kappa shape index (κ2) is 11.7. The van der Waals surface area contributed by atoms with Crippen molar-refractivity contribution >= 4 is 86.9 Å². The Labute approximate surface area is 313 Å². The Bertz CT molecular complexity index is 3010. The summed E-state index contributed by atoms with van der Waals surface area (Å²) < 4.78 is 7.32. The average molecular weight is 748 g/mol. The number of allylic oxidation sites excluding steroid dienone is 1. The Morgan fingerprint density at radius 1 is 0.538 bits per heavy atom. The molecule has 0 amide bonds. The third-order valence-electron chi connectivity index (χ3n) is 11.0. The molecule has 0 radical (unpaired) electrons. The van der Waals surface area contributed by atoms with Crippen molar-refractivity contribution in [2.75, 3.05) is 0 Å². The zero-order valence-corrected chi connectivity index (χ0v) is 30.5. The number of para-hydroxylation sites is 3. The molecule has 7 aromatic carbocycles. The predicted molar refractivity (Wildman–Crippen MR) is 226 cm³/mol. The van der Waals surface area contributed by atoms with Gasteiger partial charge in [-0.2, -0.15) is 0 Å². The summed E-state index contributed by atoms with van der Waals surface area (Å²) in [5.41, 5.74) is 11.4. The van der Waals surface area contributed by atoms with Gasteiger partial charge in [-0.15, -0.1) is 11.3 Å². The number of fused-ring (bicyclic) bond motifs is 8. The van der Waals surface area contributed by atoms with Crippen molar-refractivity contribution in [1.82, 2.24) is 9.13 Å². The molecule has 3 heterocycles. The van der Waals surface area contributed by atoms with Crippen LogP contribution in [0.2, 0.25) is 0 Å². The Hall–Kier alpha value is -5.68. The smallest absolute Gasteiger partial charge is 0.0541 e. The molecular weight excluding hydrogens is 717 g/mol. The zero-order valence-electron chi connectivity index (χ0n) is 28.1. The molecule has 1 aliphatic rings. The van der Waals surface area contributed by atoms with Gasteiger partial charge in [-0.1, -0.05) is 109 Å². The number of thiophene rings is 1. The van der Waals surface area contributed by atoms with Crippen LogP contribution in [0.3, 0.4) is 0 Å².